The van der Waals surface area contributed by atoms with E-state index in [2.05, 4.69) is 10.6 Å². The SMILES string of the molecule is CSc1ccccc1NC(=S)Nc1ccccc1Cl. The van der Waals surface area contributed by atoms with Gasteiger partial charge in [-0.2, -0.15) is 0 Å². The van der Waals surface area contributed by atoms with E-state index >= 15 is 0 Å². The molecule has 0 radical (unpaired) electrons. The van der Waals surface area contributed by atoms with Gasteiger partial charge in [-0.3, -0.25) is 0 Å². The Morgan fingerprint density at radius 1 is 1.00 bits per heavy atom. The third kappa shape index (κ3) is 3.86. The van der Waals surface area contributed by atoms with E-state index in [9.17, 15) is 0 Å². The van der Waals surface area contributed by atoms with Crippen LogP contribution in [-0.2, 0) is 0 Å². The van der Waals surface area contributed by atoms with E-state index in [1.54, 1.807) is 11.8 Å². The van der Waals surface area contributed by atoms with E-state index in [4.69, 9.17) is 23.8 Å². The molecular formula is C14H13ClN2S2. The Bertz CT molecular complexity index is 587. The molecule has 19 heavy (non-hydrogen) atoms. The van der Waals surface area contributed by atoms with Gasteiger partial charge in [-0.25, -0.2) is 0 Å². The summed E-state index contributed by atoms with van der Waals surface area (Å²) in [4.78, 5) is 1.14. The minimum atomic E-state index is 0.523. The smallest absolute Gasteiger partial charge is 0.175 e. The molecule has 2 N–H and O–H groups in total. The third-order valence-electron chi connectivity index (χ3n) is 2.48. The Balaban J connectivity index is 2.08. The lowest BCUT2D eigenvalue weighted by atomic mass is 10.3. The first kappa shape index (κ1) is 14.2. The molecule has 2 aromatic carbocycles. The van der Waals surface area contributed by atoms with Gasteiger partial charge in [-0.15, -0.1) is 11.8 Å². The zero-order chi connectivity index (χ0) is 13.7. The molecule has 0 bridgehead atoms. The summed E-state index contributed by atoms with van der Waals surface area (Å²) in [5.74, 6) is 0. The van der Waals surface area contributed by atoms with Gasteiger partial charge in [-0.1, -0.05) is 35.9 Å². The third-order valence-corrected chi connectivity index (χ3v) is 3.81. The molecule has 0 saturated carbocycles. The van der Waals surface area contributed by atoms with Gasteiger partial charge in [0.05, 0.1) is 16.4 Å². The molecule has 0 unspecified atom stereocenters. The topological polar surface area (TPSA) is 24.1 Å². The van der Waals surface area contributed by atoms with Gasteiger partial charge in [0.15, 0.2) is 5.11 Å². The number of thiocarbonyl (C=S) groups is 1. The maximum Gasteiger partial charge on any atom is 0.175 e. The van der Waals surface area contributed by atoms with Crippen LogP contribution in [0.1, 0.15) is 0 Å². The van der Waals surface area contributed by atoms with Gasteiger partial charge >= 0.3 is 0 Å². The highest BCUT2D eigenvalue weighted by Crippen LogP contribution is 2.25. The van der Waals surface area contributed by atoms with Gasteiger partial charge in [-0.05, 0) is 42.7 Å². The van der Waals surface area contributed by atoms with Crippen LogP contribution < -0.4 is 10.6 Å². The summed E-state index contributed by atoms with van der Waals surface area (Å²) in [6, 6.07) is 15.5. The van der Waals surface area contributed by atoms with Crippen molar-refractivity contribution in [3.8, 4) is 0 Å². The Hall–Kier alpha value is -1.23. The Morgan fingerprint density at radius 2 is 1.58 bits per heavy atom. The fraction of sp³-hybridized carbons (Fsp3) is 0.0714. The summed E-state index contributed by atoms with van der Waals surface area (Å²) >= 11 is 13.0. The van der Waals surface area contributed by atoms with Crippen molar-refractivity contribution in [3.63, 3.8) is 0 Å². The number of para-hydroxylation sites is 2. The number of hydrogen-bond acceptors (Lipinski definition) is 2. The molecule has 0 saturated heterocycles. The van der Waals surface area contributed by atoms with Crippen LogP contribution in [0, 0.1) is 0 Å². The lowest BCUT2D eigenvalue weighted by Gasteiger charge is -2.13. The zero-order valence-electron chi connectivity index (χ0n) is 10.3. The van der Waals surface area contributed by atoms with Crippen molar-refractivity contribution in [2.45, 2.75) is 4.90 Å². The number of hydrogen-bond donors (Lipinski definition) is 2. The van der Waals surface area contributed by atoms with Crippen LogP contribution in [0.25, 0.3) is 0 Å². The van der Waals surface area contributed by atoms with Crippen molar-refractivity contribution in [2.75, 3.05) is 16.9 Å². The molecule has 0 spiro atoms. The minimum absolute atomic E-state index is 0.523. The molecule has 0 aliphatic carbocycles. The molecule has 0 aliphatic rings. The van der Waals surface area contributed by atoms with Crippen molar-refractivity contribution in [2.24, 2.45) is 0 Å². The van der Waals surface area contributed by atoms with Crippen LogP contribution >= 0.6 is 35.6 Å². The van der Waals surface area contributed by atoms with Gasteiger partial charge < -0.3 is 10.6 Å². The predicted molar refractivity (Wildman–Crippen MR) is 89.5 cm³/mol. The summed E-state index contributed by atoms with van der Waals surface area (Å²) in [6.07, 6.45) is 2.03. The lowest BCUT2D eigenvalue weighted by molar-refractivity contribution is 1.44. The molecule has 0 aromatic heterocycles. The number of halogens is 1. The Labute approximate surface area is 127 Å². The second-order valence-electron chi connectivity index (χ2n) is 3.76. The van der Waals surface area contributed by atoms with Gasteiger partial charge in [0.1, 0.15) is 0 Å². The number of thioether (sulfide) groups is 1. The highest BCUT2D eigenvalue weighted by Gasteiger charge is 2.04. The highest BCUT2D eigenvalue weighted by molar-refractivity contribution is 7.98. The lowest BCUT2D eigenvalue weighted by Crippen LogP contribution is -2.19. The minimum Gasteiger partial charge on any atom is -0.332 e. The molecule has 5 heteroatoms. The molecule has 0 aliphatic heterocycles. The maximum atomic E-state index is 6.08. The number of benzene rings is 2. The van der Waals surface area contributed by atoms with Crippen molar-refractivity contribution in [1.82, 2.24) is 0 Å². The monoisotopic (exact) mass is 308 g/mol. The van der Waals surface area contributed by atoms with Crippen molar-refractivity contribution in [1.29, 1.82) is 0 Å². The van der Waals surface area contributed by atoms with Gasteiger partial charge in [0.2, 0.25) is 0 Å². The second-order valence-corrected chi connectivity index (χ2v) is 5.42. The average molecular weight is 309 g/mol. The number of rotatable bonds is 3. The summed E-state index contributed by atoms with van der Waals surface area (Å²) < 4.78 is 0. The normalized spacial score (nSPS) is 10.0. The molecule has 2 aromatic rings. The standard InChI is InChI=1S/C14H13ClN2S2/c1-19-13-9-5-4-8-12(13)17-14(18)16-11-7-3-2-6-10(11)15/h2-9H,1H3,(H2,16,17,18). The fourth-order valence-electron chi connectivity index (χ4n) is 1.59. The van der Waals surface area contributed by atoms with E-state index in [1.807, 2.05) is 54.8 Å². The molecule has 2 rings (SSSR count). The molecule has 0 heterocycles. The van der Waals surface area contributed by atoms with Crippen LogP contribution in [0.15, 0.2) is 53.4 Å². The molecule has 0 amide bonds. The van der Waals surface area contributed by atoms with E-state index in [0.29, 0.717) is 10.1 Å². The summed E-state index contributed by atoms with van der Waals surface area (Å²) in [5.41, 5.74) is 1.78. The Morgan fingerprint density at radius 3 is 2.26 bits per heavy atom. The first-order valence-corrected chi connectivity index (χ1v) is 7.67. The van der Waals surface area contributed by atoms with E-state index < -0.39 is 0 Å². The summed E-state index contributed by atoms with van der Waals surface area (Å²) in [6.45, 7) is 0. The number of anilines is 2. The van der Waals surface area contributed by atoms with Crippen molar-refractivity contribution >= 4 is 52.1 Å². The molecule has 98 valence electrons. The molecular weight excluding hydrogens is 296 g/mol. The molecule has 0 atom stereocenters. The summed E-state index contributed by atoms with van der Waals surface area (Å²) in [7, 11) is 0. The fourth-order valence-corrected chi connectivity index (χ4v) is 2.54. The first-order chi connectivity index (χ1) is 9.20. The van der Waals surface area contributed by atoms with Crippen molar-refractivity contribution < 1.29 is 0 Å². The van der Waals surface area contributed by atoms with Crippen LogP contribution in [0.3, 0.4) is 0 Å². The second kappa shape index (κ2) is 6.80. The average Bonchev–Trinajstić information content (AvgIpc) is 2.42. The van der Waals surface area contributed by atoms with E-state index in [-0.39, 0.29) is 0 Å². The predicted octanol–water partition coefficient (Wildman–Crippen LogP) is 4.87. The van der Waals surface area contributed by atoms with Crippen LogP contribution in [0.2, 0.25) is 5.02 Å². The van der Waals surface area contributed by atoms with Crippen LogP contribution in [0.4, 0.5) is 11.4 Å². The Kier molecular flexibility index (Phi) is 5.07. The van der Waals surface area contributed by atoms with Crippen LogP contribution in [-0.4, -0.2) is 11.4 Å². The van der Waals surface area contributed by atoms with Gasteiger partial charge in [0.25, 0.3) is 0 Å². The van der Waals surface area contributed by atoms with Gasteiger partial charge in [0, 0.05) is 4.90 Å². The highest BCUT2D eigenvalue weighted by atomic mass is 35.5. The van der Waals surface area contributed by atoms with E-state index in [0.717, 1.165) is 16.3 Å². The summed E-state index contributed by atoms with van der Waals surface area (Å²) in [5, 5.41) is 7.43. The number of nitrogens with one attached hydrogen (secondary N) is 2. The quantitative estimate of drug-likeness (QED) is 0.624. The zero-order valence-corrected chi connectivity index (χ0v) is 12.7. The molecule has 2 nitrogen and oxygen atoms in total. The van der Waals surface area contributed by atoms with E-state index in [1.165, 1.54) is 0 Å². The van der Waals surface area contributed by atoms with Crippen LogP contribution in [0.5, 0.6) is 0 Å². The maximum absolute atomic E-state index is 6.08. The largest absolute Gasteiger partial charge is 0.332 e. The van der Waals surface area contributed by atoms with Crippen molar-refractivity contribution in [3.05, 3.63) is 53.6 Å². The first-order valence-electron chi connectivity index (χ1n) is 5.66. The molecule has 0 fully saturated rings.